The van der Waals surface area contributed by atoms with Crippen molar-refractivity contribution in [2.45, 2.75) is 13.5 Å². The Hall–Kier alpha value is -3.85. The molecule has 0 N–H and O–H groups in total. The summed E-state index contributed by atoms with van der Waals surface area (Å²) in [5.41, 5.74) is 8.46. The third-order valence-corrected chi connectivity index (χ3v) is 6.21. The van der Waals surface area contributed by atoms with Gasteiger partial charge in [0.15, 0.2) is 0 Å². The summed E-state index contributed by atoms with van der Waals surface area (Å²) in [6.45, 7) is 3.12. The normalized spacial score (nSPS) is 11.1. The van der Waals surface area contributed by atoms with Crippen molar-refractivity contribution >= 4 is 33.9 Å². The first-order valence-corrected chi connectivity index (χ1v) is 11.8. The van der Waals surface area contributed by atoms with Crippen LogP contribution >= 0.6 is 0 Å². The number of hydrogen-bond acceptors (Lipinski definition) is 2. The number of allylic oxidation sites excluding steroid dienone is 2. The zero-order valence-corrected chi connectivity index (χ0v) is 20.9. The molecule has 0 aliphatic heterocycles. The first-order chi connectivity index (χ1) is 16.5. The topological polar surface area (TPSA) is 10.4 Å². The van der Waals surface area contributed by atoms with Gasteiger partial charge in [-0.05, 0) is 60.0 Å². The third kappa shape index (κ3) is 5.04. The summed E-state index contributed by atoms with van der Waals surface area (Å²) in [5, 5.41) is 1.26. The molecule has 0 aliphatic carbocycles. The number of hydrogen-bond donors (Lipinski definition) is 0. The Bertz CT molecular complexity index is 1260. The summed E-state index contributed by atoms with van der Waals surface area (Å²) >= 11 is 0. The van der Waals surface area contributed by atoms with E-state index in [4.69, 9.17) is 0 Å². The van der Waals surface area contributed by atoms with Crippen LogP contribution < -0.4 is 14.4 Å². The maximum absolute atomic E-state index is 2.36. The van der Waals surface area contributed by atoms with Crippen molar-refractivity contribution in [3.8, 4) is 0 Å². The lowest BCUT2D eigenvalue weighted by atomic mass is 9.96. The number of aryl methyl sites for hydroxylation is 1. The van der Waals surface area contributed by atoms with Crippen molar-refractivity contribution in [3.63, 3.8) is 0 Å². The molecule has 3 nitrogen and oxygen atoms in total. The van der Waals surface area contributed by atoms with Gasteiger partial charge in [0.05, 0.1) is 0 Å². The third-order valence-electron chi connectivity index (χ3n) is 6.21. The lowest BCUT2D eigenvalue weighted by molar-refractivity contribution is -0.669. The quantitative estimate of drug-likeness (QED) is 0.238. The van der Waals surface area contributed by atoms with Crippen molar-refractivity contribution < 1.29 is 4.57 Å². The summed E-state index contributed by atoms with van der Waals surface area (Å²) in [5.74, 6) is 0. The van der Waals surface area contributed by atoms with Crippen molar-refractivity contribution in [3.05, 3.63) is 114 Å². The van der Waals surface area contributed by atoms with Gasteiger partial charge in [-0.15, -0.1) is 0 Å². The van der Waals surface area contributed by atoms with Gasteiger partial charge in [-0.3, -0.25) is 0 Å². The molecule has 0 fully saturated rings. The van der Waals surface area contributed by atoms with E-state index in [0.29, 0.717) is 0 Å². The zero-order valence-electron chi connectivity index (χ0n) is 20.9. The summed E-state index contributed by atoms with van der Waals surface area (Å²) in [6.07, 6.45) is 6.61. The monoisotopic (exact) mass is 448 g/mol. The Morgan fingerprint density at radius 1 is 0.706 bits per heavy atom. The smallest absolute Gasteiger partial charge is 0.212 e. The fraction of sp³-hybridized carbons (Fsp3) is 0.194. The Labute approximate surface area is 203 Å². The van der Waals surface area contributed by atoms with E-state index in [-0.39, 0.29) is 0 Å². The van der Waals surface area contributed by atoms with Crippen LogP contribution in [0.15, 0.2) is 97.1 Å². The number of pyridine rings is 1. The fourth-order valence-corrected chi connectivity index (χ4v) is 4.26. The molecule has 0 bridgehead atoms. The SMILES string of the molecule is CC[n+]1c(/C=C/C=C(c2ccc(N(C)C)cc2)c2ccc(N(C)C)cc2)ccc2ccccc21. The number of benzene rings is 3. The largest absolute Gasteiger partial charge is 0.378 e. The van der Waals surface area contributed by atoms with Gasteiger partial charge in [0, 0.05) is 63.2 Å². The molecule has 172 valence electrons. The van der Waals surface area contributed by atoms with Crippen LogP contribution in [-0.2, 0) is 6.54 Å². The Morgan fingerprint density at radius 3 is 1.79 bits per heavy atom. The van der Waals surface area contributed by atoms with E-state index < -0.39 is 0 Å². The molecule has 0 radical (unpaired) electrons. The molecule has 0 aliphatic rings. The van der Waals surface area contributed by atoms with Crippen LogP contribution in [0.5, 0.6) is 0 Å². The van der Waals surface area contributed by atoms with Gasteiger partial charge in [-0.1, -0.05) is 48.6 Å². The molecule has 3 aromatic carbocycles. The standard InChI is InChI=1S/C31H34N3/c1-6-34-29(23-18-26-10-7-8-13-31(26)34)11-9-12-30(24-14-19-27(20-15-24)32(2)3)25-16-21-28(22-17-25)33(4)5/h7-23H,6H2,1-5H3/q+1. The number of anilines is 2. The van der Waals surface area contributed by atoms with Gasteiger partial charge in [0.2, 0.25) is 11.2 Å². The maximum atomic E-state index is 2.36. The number of para-hydroxylation sites is 1. The van der Waals surface area contributed by atoms with Crippen molar-refractivity contribution in [1.29, 1.82) is 0 Å². The van der Waals surface area contributed by atoms with Gasteiger partial charge < -0.3 is 9.80 Å². The van der Waals surface area contributed by atoms with E-state index in [9.17, 15) is 0 Å². The van der Waals surface area contributed by atoms with Crippen molar-refractivity contribution in [1.82, 2.24) is 0 Å². The highest BCUT2D eigenvalue weighted by Gasteiger charge is 2.11. The highest BCUT2D eigenvalue weighted by Crippen LogP contribution is 2.27. The molecule has 1 aromatic heterocycles. The molecule has 3 heteroatoms. The predicted molar refractivity (Wildman–Crippen MR) is 147 cm³/mol. The highest BCUT2D eigenvalue weighted by atomic mass is 15.1. The number of aromatic nitrogens is 1. The first kappa shape index (κ1) is 23.3. The molecule has 0 amide bonds. The molecule has 0 unspecified atom stereocenters. The van der Waals surface area contributed by atoms with Gasteiger partial charge in [-0.25, -0.2) is 0 Å². The van der Waals surface area contributed by atoms with Crippen LogP contribution in [0.4, 0.5) is 11.4 Å². The second-order valence-electron chi connectivity index (χ2n) is 8.88. The molecule has 0 saturated heterocycles. The summed E-state index contributed by atoms with van der Waals surface area (Å²) in [7, 11) is 8.28. The molecule has 1 heterocycles. The van der Waals surface area contributed by atoms with Gasteiger partial charge >= 0.3 is 0 Å². The van der Waals surface area contributed by atoms with Crippen LogP contribution in [0.1, 0.15) is 23.7 Å². The highest BCUT2D eigenvalue weighted by molar-refractivity contribution is 5.83. The van der Waals surface area contributed by atoms with Crippen LogP contribution in [0.2, 0.25) is 0 Å². The fourth-order valence-electron chi connectivity index (χ4n) is 4.26. The van der Waals surface area contributed by atoms with E-state index in [1.807, 2.05) is 0 Å². The maximum Gasteiger partial charge on any atom is 0.212 e. The Kier molecular flexibility index (Phi) is 7.12. The molecular formula is C31H34N3+. The minimum absolute atomic E-state index is 0.926. The van der Waals surface area contributed by atoms with Crippen LogP contribution in [-0.4, -0.2) is 28.2 Å². The molecule has 4 rings (SSSR count). The van der Waals surface area contributed by atoms with Crippen LogP contribution in [0, 0.1) is 0 Å². The first-order valence-electron chi connectivity index (χ1n) is 11.8. The van der Waals surface area contributed by atoms with Crippen molar-refractivity contribution in [2.24, 2.45) is 0 Å². The van der Waals surface area contributed by atoms with Crippen LogP contribution in [0.25, 0.3) is 22.6 Å². The van der Waals surface area contributed by atoms with Gasteiger partial charge in [0.25, 0.3) is 0 Å². The van der Waals surface area contributed by atoms with E-state index in [2.05, 4.69) is 153 Å². The van der Waals surface area contributed by atoms with Crippen LogP contribution in [0.3, 0.4) is 0 Å². The van der Waals surface area contributed by atoms with Crippen molar-refractivity contribution in [2.75, 3.05) is 38.0 Å². The van der Waals surface area contributed by atoms with Gasteiger partial charge in [0.1, 0.15) is 6.54 Å². The molecule has 34 heavy (non-hydrogen) atoms. The molecular weight excluding hydrogens is 414 g/mol. The molecule has 0 spiro atoms. The Balaban J connectivity index is 1.75. The lowest BCUT2D eigenvalue weighted by Crippen LogP contribution is -2.36. The molecule has 0 atom stereocenters. The number of rotatable bonds is 7. The average molecular weight is 449 g/mol. The Morgan fingerprint density at radius 2 is 1.26 bits per heavy atom. The second kappa shape index (κ2) is 10.4. The summed E-state index contributed by atoms with van der Waals surface area (Å²) in [6, 6.07) is 30.5. The molecule has 0 saturated carbocycles. The van der Waals surface area contributed by atoms with Gasteiger partial charge in [-0.2, -0.15) is 4.57 Å². The van der Waals surface area contributed by atoms with E-state index >= 15 is 0 Å². The average Bonchev–Trinajstić information content (AvgIpc) is 2.86. The number of fused-ring (bicyclic) bond motifs is 1. The summed E-state index contributed by atoms with van der Waals surface area (Å²) < 4.78 is 2.36. The minimum atomic E-state index is 0.926. The lowest BCUT2D eigenvalue weighted by Gasteiger charge is -2.16. The molecule has 4 aromatic rings. The number of nitrogens with zero attached hydrogens (tertiary/aromatic N) is 3. The van der Waals surface area contributed by atoms with E-state index in [1.165, 1.54) is 44.7 Å². The summed E-state index contributed by atoms with van der Waals surface area (Å²) in [4.78, 5) is 4.25. The predicted octanol–water partition coefficient (Wildman–Crippen LogP) is 6.42. The zero-order chi connectivity index (χ0) is 24.1. The van der Waals surface area contributed by atoms with E-state index in [1.54, 1.807) is 0 Å². The minimum Gasteiger partial charge on any atom is -0.378 e. The van der Waals surface area contributed by atoms with E-state index in [0.717, 1.165) is 6.54 Å². The second-order valence-corrected chi connectivity index (χ2v) is 8.88.